The second-order valence-electron chi connectivity index (χ2n) is 8.35. The van der Waals surface area contributed by atoms with E-state index < -0.39 is 11.0 Å². The third-order valence-corrected chi connectivity index (χ3v) is 6.19. The Balaban J connectivity index is 2.13. The number of non-ortho nitro benzene ring substituents is 1. The van der Waals surface area contributed by atoms with Crippen molar-refractivity contribution in [1.29, 1.82) is 0 Å². The van der Waals surface area contributed by atoms with Gasteiger partial charge in [-0.3, -0.25) is 19.7 Å². The molecule has 0 heterocycles. The minimum Gasteiger partial charge on any atom is -0.497 e. The van der Waals surface area contributed by atoms with Crippen LogP contribution in [0, 0.1) is 16.0 Å². The zero-order valence-corrected chi connectivity index (χ0v) is 21.0. The highest BCUT2D eigenvalue weighted by Crippen LogP contribution is 2.21. The van der Waals surface area contributed by atoms with Gasteiger partial charge in [0.2, 0.25) is 11.8 Å². The SMILES string of the molecule is CC[C@@H](C(=O)NCC(C)C)N(Cc1cccc(OC)c1)C(=O)CSCc1ccc([N+](=O)[O-])cc1. The summed E-state index contributed by atoms with van der Waals surface area (Å²) in [6.45, 7) is 6.78. The van der Waals surface area contributed by atoms with Crippen LogP contribution in [-0.4, -0.2) is 47.1 Å². The van der Waals surface area contributed by atoms with E-state index in [0.29, 0.717) is 36.9 Å². The second-order valence-corrected chi connectivity index (χ2v) is 9.34. The highest BCUT2D eigenvalue weighted by molar-refractivity contribution is 7.99. The van der Waals surface area contributed by atoms with E-state index in [9.17, 15) is 19.7 Å². The number of carbonyl (C=O) groups excluding carboxylic acids is 2. The Hall–Kier alpha value is -3.07. The van der Waals surface area contributed by atoms with Crippen molar-refractivity contribution in [3.05, 3.63) is 69.8 Å². The van der Waals surface area contributed by atoms with Gasteiger partial charge in [-0.15, -0.1) is 11.8 Å². The molecule has 8 nitrogen and oxygen atoms in total. The number of carbonyl (C=O) groups is 2. The summed E-state index contributed by atoms with van der Waals surface area (Å²) in [6, 6.07) is 13.2. The number of nitro benzene ring substituents is 1. The number of amides is 2. The summed E-state index contributed by atoms with van der Waals surface area (Å²) >= 11 is 1.42. The van der Waals surface area contributed by atoms with Crippen molar-refractivity contribution < 1.29 is 19.2 Å². The third kappa shape index (κ3) is 8.37. The highest BCUT2D eigenvalue weighted by atomic mass is 32.2. The van der Waals surface area contributed by atoms with Crippen LogP contribution in [0.25, 0.3) is 0 Å². The molecule has 0 bridgehead atoms. The minimum absolute atomic E-state index is 0.0347. The Morgan fingerprint density at radius 1 is 1.15 bits per heavy atom. The van der Waals surface area contributed by atoms with E-state index in [1.54, 1.807) is 24.1 Å². The van der Waals surface area contributed by atoms with Gasteiger partial charge in [-0.05, 0) is 35.6 Å². The molecular weight excluding hydrogens is 454 g/mol. The summed E-state index contributed by atoms with van der Waals surface area (Å²) in [5.74, 6) is 1.42. The molecule has 0 saturated heterocycles. The lowest BCUT2D eigenvalue weighted by Crippen LogP contribution is -2.50. The Bertz CT molecular complexity index is 965. The van der Waals surface area contributed by atoms with Gasteiger partial charge in [0.1, 0.15) is 11.8 Å². The number of methoxy groups -OCH3 is 1. The molecule has 2 rings (SSSR count). The van der Waals surface area contributed by atoms with Gasteiger partial charge >= 0.3 is 0 Å². The lowest BCUT2D eigenvalue weighted by atomic mass is 10.1. The van der Waals surface area contributed by atoms with Crippen LogP contribution in [0.15, 0.2) is 48.5 Å². The number of hydrogen-bond acceptors (Lipinski definition) is 6. The first-order chi connectivity index (χ1) is 16.2. The van der Waals surface area contributed by atoms with Gasteiger partial charge in [0, 0.05) is 31.0 Å². The van der Waals surface area contributed by atoms with Crippen LogP contribution < -0.4 is 10.1 Å². The number of nitro groups is 1. The van der Waals surface area contributed by atoms with Crippen molar-refractivity contribution in [1.82, 2.24) is 10.2 Å². The van der Waals surface area contributed by atoms with E-state index in [0.717, 1.165) is 11.1 Å². The molecule has 2 aromatic carbocycles. The predicted molar refractivity (Wildman–Crippen MR) is 135 cm³/mol. The van der Waals surface area contributed by atoms with E-state index in [2.05, 4.69) is 5.32 Å². The maximum atomic E-state index is 13.3. The fourth-order valence-electron chi connectivity index (χ4n) is 3.36. The average molecular weight is 488 g/mol. The van der Waals surface area contributed by atoms with Crippen molar-refractivity contribution in [2.75, 3.05) is 19.4 Å². The molecule has 0 fully saturated rings. The summed E-state index contributed by atoms with van der Waals surface area (Å²) in [6.07, 6.45) is 0.493. The molecule has 184 valence electrons. The first-order valence-corrected chi connectivity index (χ1v) is 12.4. The monoisotopic (exact) mass is 487 g/mol. The molecule has 1 atom stereocenters. The lowest BCUT2D eigenvalue weighted by molar-refractivity contribution is -0.384. The molecule has 0 aromatic heterocycles. The largest absolute Gasteiger partial charge is 0.497 e. The van der Waals surface area contributed by atoms with Gasteiger partial charge in [-0.25, -0.2) is 0 Å². The maximum Gasteiger partial charge on any atom is 0.269 e. The first kappa shape index (κ1) is 27.2. The van der Waals surface area contributed by atoms with Crippen molar-refractivity contribution in [3.8, 4) is 5.75 Å². The van der Waals surface area contributed by atoms with Gasteiger partial charge in [0.05, 0.1) is 17.8 Å². The maximum absolute atomic E-state index is 13.3. The van der Waals surface area contributed by atoms with Crippen LogP contribution in [0.1, 0.15) is 38.3 Å². The molecule has 34 heavy (non-hydrogen) atoms. The Kier molecular flexibility index (Phi) is 10.9. The molecule has 0 saturated carbocycles. The molecule has 9 heteroatoms. The Labute approximate surface area is 205 Å². The van der Waals surface area contributed by atoms with Gasteiger partial charge in [0.25, 0.3) is 5.69 Å². The lowest BCUT2D eigenvalue weighted by Gasteiger charge is -2.31. The molecule has 2 aromatic rings. The van der Waals surface area contributed by atoms with Crippen LogP contribution in [0.5, 0.6) is 5.75 Å². The van der Waals surface area contributed by atoms with Gasteiger partial charge in [0.15, 0.2) is 0 Å². The number of ether oxygens (including phenoxy) is 1. The normalized spacial score (nSPS) is 11.7. The van der Waals surface area contributed by atoms with Crippen molar-refractivity contribution in [2.24, 2.45) is 5.92 Å². The van der Waals surface area contributed by atoms with E-state index in [1.807, 2.05) is 45.0 Å². The summed E-state index contributed by atoms with van der Waals surface area (Å²) in [7, 11) is 1.59. The topological polar surface area (TPSA) is 102 Å². The average Bonchev–Trinajstić information content (AvgIpc) is 2.82. The summed E-state index contributed by atoms with van der Waals surface area (Å²) < 4.78 is 5.30. The number of nitrogens with zero attached hydrogens (tertiary/aromatic N) is 2. The van der Waals surface area contributed by atoms with Crippen molar-refractivity contribution >= 4 is 29.3 Å². The number of hydrogen-bond donors (Lipinski definition) is 1. The minimum atomic E-state index is -0.586. The molecule has 0 aliphatic heterocycles. The predicted octanol–water partition coefficient (Wildman–Crippen LogP) is 4.42. The van der Waals surface area contributed by atoms with E-state index in [-0.39, 0.29) is 23.3 Å². The van der Waals surface area contributed by atoms with Crippen LogP contribution in [0.2, 0.25) is 0 Å². The Morgan fingerprint density at radius 2 is 1.85 bits per heavy atom. The van der Waals surface area contributed by atoms with Crippen LogP contribution in [-0.2, 0) is 21.9 Å². The number of thioether (sulfide) groups is 1. The summed E-state index contributed by atoms with van der Waals surface area (Å²) in [4.78, 5) is 38.2. The van der Waals surface area contributed by atoms with E-state index in [4.69, 9.17) is 4.74 Å². The number of rotatable bonds is 13. The van der Waals surface area contributed by atoms with Gasteiger partial charge in [-0.2, -0.15) is 0 Å². The summed E-state index contributed by atoms with van der Waals surface area (Å²) in [5, 5.41) is 13.8. The fourth-order valence-corrected chi connectivity index (χ4v) is 4.23. The first-order valence-electron chi connectivity index (χ1n) is 11.3. The molecule has 0 aliphatic carbocycles. The van der Waals surface area contributed by atoms with Crippen LogP contribution in [0.3, 0.4) is 0 Å². The van der Waals surface area contributed by atoms with Gasteiger partial charge < -0.3 is 15.0 Å². The molecule has 2 amide bonds. The van der Waals surface area contributed by atoms with Crippen LogP contribution >= 0.6 is 11.8 Å². The quantitative estimate of drug-likeness (QED) is 0.332. The Morgan fingerprint density at radius 3 is 2.44 bits per heavy atom. The fraction of sp³-hybridized carbons (Fsp3) is 0.440. The van der Waals surface area contributed by atoms with E-state index in [1.165, 1.54) is 23.9 Å². The van der Waals surface area contributed by atoms with Crippen molar-refractivity contribution in [2.45, 2.75) is 45.5 Å². The standard InChI is InChI=1S/C25H33N3O5S/c1-5-23(25(30)26-14-18(2)3)27(15-20-7-6-8-22(13-20)33-4)24(29)17-34-16-19-9-11-21(12-10-19)28(31)32/h6-13,18,23H,5,14-17H2,1-4H3,(H,26,30)/t23-/m0/s1. The molecule has 1 N–H and O–H groups in total. The van der Waals surface area contributed by atoms with Crippen molar-refractivity contribution in [3.63, 3.8) is 0 Å². The smallest absolute Gasteiger partial charge is 0.269 e. The van der Waals surface area contributed by atoms with Gasteiger partial charge in [-0.1, -0.05) is 45.0 Å². The highest BCUT2D eigenvalue weighted by Gasteiger charge is 2.28. The molecule has 0 unspecified atom stereocenters. The third-order valence-electron chi connectivity index (χ3n) is 5.20. The molecule has 0 aliphatic rings. The molecule has 0 spiro atoms. The summed E-state index contributed by atoms with van der Waals surface area (Å²) in [5.41, 5.74) is 1.81. The zero-order valence-electron chi connectivity index (χ0n) is 20.2. The number of benzene rings is 2. The van der Waals surface area contributed by atoms with Crippen LogP contribution in [0.4, 0.5) is 5.69 Å². The zero-order chi connectivity index (χ0) is 25.1. The van der Waals surface area contributed by atoms with E-state index >= 15 is 0 Å². The molecular formula is C25H33N3O5S. The second kappa shape index (κ2) is 13.6. The number of nitrogens with one attached hydrogen (secondary N) is 1. The molecule has 0 radical (unpaired) electrons.